The highest BCUT2D eigenvalue weighted by atomic mass is 32.2. The fourth-order valence-electron chi connectivity index (χ4n) is 2.22. The molecule has 128 valence electrons. The number of amides is 1. The fraction of sp³-hybridized carbons (Fsp3) is 0.176. The number of methoxy groups -OCH3 is 1. The molecule has 0 aliphatic carbocycles. The largest absolute Gasteiger partial charge is 0.497 e. The number of carbonyl (C=O) groups excluding carboxylic acids is 1. The van der Waals surface area contributed by atoms with Crippen LogP contribution in [0.3, 0.4) is 0 Å². The predicted molar refractivity (Wildman–Crippen MR) is 96.2 cm³/mol. The van der Waals surface area contributed by atoms with E-state index in [4.69, 9.17) is 4.74 Å². The maximum Gasteiger partial charge on any atom is 0.234 e. The molecule has 0 saturated carbocycles. The van der Waals surface area contributed by atoms with E-state index >= 15 is 0 Å². The average Bonchev–Trinajstić information content (AvgIpc) is 3.09. The molecule has 25 heavy (non-hydrogen) atoms. The zero-order chi connectivity index (χ0) is 17.6. The van der Waals surface area contributed by atoms with E-state index in [0.29, 0.717) is 10.8 Å². The summed E-state index contributed by atoms with van der Waals surface area (Å²) in [5.74, 6) is 0.817. The van der Waals surface area contributed by atoms with Gasteiger partial charge in [-0.2, -0.15) is 4.68 Å². The fourth-order valence-corrected chi connectivity index (χ4v) is 2.91. The van der Waals surface area contributed by atoms with Crippen molar-refractivity contribution in [3.05, 3.63) is 54.1 Å². The van der Waals surface area contributed by atoms with Crippen LogP contribution >= 0.6 is 11.8 Å². The molecule has 0 unspecified atom stereocenters. The van der Waals surface area contributed by atoms with Crippen LogP contribution in [0.1, 0.15) is 5.56 Å². The number of hydrogen-bond acceptors (Lipinski definition) is 6. The number of nitrogens with zero attached hydrogens (tertiary/aromatic N) is 4. The molecule has 1 N–H and O–H groups in total. The van der Waals surface area contributed by atoms with E-state index in [-0.39, 0.29) is 11.7 Å². The van der Waals surface area contributed by atoms with Gasteiger partial charge in [-0.25, -0.2) is 0 Å². The Morgan fingerprint density at radius 3 is 2.68 bits per heavy atom. The molecular formula is C17H17N5O2S. The summed E-state index contributed by atoms with van der Waals surface area (Å²) < 4.78 is 6.73. The lowest BCUT2D eigenvalue weighted by molar-refractivity contribution is -0.113. The highest BCUT2D eigenvalue weighted by molar-refractivity contribution is 7.99. The van der Waals surface area contributed by atoms with Crippen LogP contribution in [0.2, 0.25) is 0 Å². The smallest absolute Gasteiger partial charge is 0.234 e. The number of benzene rings is 2. The molecule has 1 aromatic heterocycles. The first kappa shape index (κ1) is 17.0. The number of rotatable bonds is 6. The normalized spacial score (nSPS) is 10.5. The quantitative estimate of drug-likeness (QED) is 0.685. The molecular weight excluding hydrogens is 338 g/mol. The summed E-state index contributed by atoms with van der Waals surface area (Å²) in [4.78, 5) is 12.1. The van der Waals surface area contributed by atoms with Crippen LogP contribution in [0.15, 0.2) is 53.7 Å². The Labute approximate surface area is 149 Å². The van der Waals surface area contributed by atoms with E-state index in [9.17, 15) is 4.79 Å². The molecule has 0 saturated heterocycles. The van der Waals surface area contributed by atoms with Crippen LogP contribution in [-0.4, -0.2) is 39.0 Å². The molecule has 0 aliphatic rings. The topological polar surface area (TPSA) is 81.9 Å². The Morgan fingerprint density at radius 1 is 1.20 bits per heavy atom. The number of nitrogens with one attached hydrogen (secondary N) is 1. The molecule has 1 heterocycles. The molecule has 0 spiro atoms. The van der Waals surface area contributed by atoms with Gasteiger partial charge in [0.05, 0.1) is 18.6 Å². The summed E-state index contributed by atoms with van der Waals surface area (Å²) in [6.07, 6.45) is 0. The molecule has 8 heteroatoms. The Kier molecular flexibility index (Phi) is 5.30. The molecule has 7 nitrogen and oxygen atoms in total. The summed E-state index contributed by atoms with van der Waals surface area (Å²) in [5, 5.41) is 15.1. The van der Waals surface area contributed by atoms with Gasteiger partial charge in [-0.15, -0.1) is 5.10 Å². The number of carbonyl (C=O) groups is 1. The van der Waals surface area contributed by atoms with Crippen LogP contribution in [0.5, 0.6) is 5.75 Å². The molecule has 3 aromatic rings. The van der Waals surface area contributed by atoms with Crippen molar-refractivity contribution < 1.29 is 9.53 Å². The second-order valence-corrected chi connectivity index (χ2v) is 6.17. The van der Waals surface area contributed by atoms with Gasteiger partial charge in [0.25, 0.3) is 0 Å². The van der Waals surface area contributed by atoms with Gasteiger partial charge in [0, 0.05) is 5.69 Å². The van der Waals surface area contributed by atoms with Crippen molar-refractivity contribution in [3.63, 3.8) is 0 Å². The van der Waals surface area contributed by atoms with E-state index in [1.165, 1.54) is 11.8 Å². The maximum absolute atomic E-state index is 12.1. The van der Waals surface area contributed by atoms with Crippen molar-refractivity contribution in [2.24, 2.45) is 0 Å². The number of thioether (sulfide) groups is 1. The highest BCUT2D eigenvalue weighted by Gasteiger charge is 2.13. The van der Waals surface area contributed by atoms with Crippen molar-refractivity contribution in [3.8, 4) is 11.4 Å². The van der Waals surface area contributed by atoms with Crippen LogP contribution in [-0.2, 0) is 4.79 Å². The number of aryl methyl sites for hydroxylation is 1. The number of anilines is 1. The molecule has 0 fully saturated rings. The standard InChI is InChI=1S/C17H17N5O2S/c1-12-5-3-4-6-15(12)22-17(19-20-21-22)25-11-16(23)18-13-7-9-14(24-2)10-8-13/h3-10H,11H2,1-2H3,(H,18,23). The number of ether oxygens (including phenoxy) is 1. The minimum Gasteiger partial charge on any atom is -0.497 e. The lowest BCUT2D eigenvalue weighted by atomic mass is 10.2. The van der Waals surface area contributed by atoms with E-state index in [2.05, 4.69) is 20.8 Å². The molecule has 0 bridgehead atoms. The Hall–Kier alpha value is -2.87. The molecule has 1 amide bonds. The number of tetrazole rings is 1. The zero-order valence-corrected chi connectivity index (χ0v) is 14.7. The number of para-hydroxylation sites is 1. The predicted octanol–water partition coefficient (Wildman–Crippen LogP) is 2.71. The third-order valence-electron chi connectivity index (χ3n) is 3.49. The Morgan fingerprint density at radius 2 is 1.96 bits per heavy atom. The van der Waals surface area contributed by atoms with Crippen molar-refractivity contribution in [2.45, 2.75) is 12.1 Å². The minimum absolute atomic E-state index is 0.130. The number of hydrogen-bond donors (Lipinski definition) is 1. The van der Waals surface area contributed by atoms with Crippen molar-refractivity contribution in [2.75, 3.05) is 18.2 Å². The minimum atomic E-state index is -0.130. The van der Waals surface area contributed by atoms with Gasteiger partial charge in [-0.1, -0.05) is 30.0 Å². The molecule has 0 aliphatic heterocycles. The lowest BCUT2D eigenvalue weighted by Gasteiger charge is -2.08. The Bertz CT molecular complexity index is 863. The highest BCUT2D eigenvalue weighted by Crippen LogP contribution is 2.21. The van der Waals surface area contributed by atoms with Gasteiger partial charge < -0.3 is 10.1 Å². The second-order valence-electron chi connectivity index (χ2n) is 5.23. The molecule has 3 rings (SSSR count). The maximum atomic E-state index is 12.1. The van der Waals surface area contributed by atoms with E-state index < -0.39 is 0 Å². The molecule has 0 atom stereocenters. The SMILES string of the molecule is COc1ccc(NC(=O)CSc2nnnn2-c2ccccc2C)cc1. The summed E-state index contributed by atoms with van der Waals surface area (Å²) in [6, 6.07) is 15.0. The van der Waals surface area contributed by atoms with Crippen LogP contribution < -0.4 is 10.1 Å². The molecule has 2 aromatic carbocycles. The summed E-state index contributed by atoms with van der Waals surface area (Å²) >= 11 is 1.28. The Balaban J connectivity index is 1.63. The summed E-state index contributed by atoms with van der Waals surface area (Å²) in [7, 11) is 1.60. The molecule has 0 radical (unpaired) electrons. The van der Waals surface area contributed by atoms with Crippen molar-refractivity contribution in [1.29, 1.82) is 0 Å². The number of aromatic nitrogens is 4. The van der Waals surface area contributed by atoms with Crippen LogP contribution in [0.25, 0.3) is 5.69 Å². The summed E-state index contributed by atoms with van der Waals surface area (Å²) in [5.41, 5.74) is 2.66. The van der Waals surface area contributed by atoms with Crippen LogP contribution in [0.4, 0.5) is 5.69 Å². The van der Waals surface area contributed by atoms with Gasteiger partial charge >= 0.3 is 0 Å². The average molecular weight is 355 g/mol. The monoisotopic (exact) mass is 355 g/mol. The van der Waals surface area contributed by atoms with Gasteiger partial charge in [-0.05, 0) is 53.2 Å². The zero-order valence-electron chi connectivity index (χ0n) is 13.8. The first-order valence-corrected chi connectivity index (χ1v) is 8.57. The van der Waals surface area contributed by atoms with E-state index in [1.54, 1.807) is 36.1 Å². The first-order chi connectivity index (χ1) is 12.2. The van der Waals surface area contributed by atoms with Gasteiger partial charge in [0.1, 0.15) is 5.75 Å². The van der Waals surface area contributed by atoms with Crippen molar-refractivity contribution in [1.82, 2.24) is 20.2 Å². The van der Waals surface area contributed by atoms with Gasteiger partial charge in [0.2, 0.25) is 11.1 Å². The van der Waals surface area contributed by atoms with Crippen molar-refractivity contribution >= 4 is 23.4 Å². The van der Waals surface area contributed by atoms with Gasteiger partial charge in [-0.3, -0.25) is 4.79 Å². The second kappa shape index (κ2) is 7.80. The van der Waals surface area contributed by atoms with Crippen LogP contribution in [0, 0.1) is 6.92 Å². The lowest BCUT2D eigenvalue weighted by Crippen LogP contribution is -2.14. The third kappa shape index (κ3) is 4.16. The summed E-state index contributed by atoms with van der Waals surface area (Å²) in [6.45, 7) is 1.99. The first-order valence-electron chi connectivity index (χ1n) is 7.58. The third-order valence-corrected chi connectivity index (χ3v) is 4.41. The van der Waals surface area contributed by atoms with E-state index in [1.807, 2.05) is 31.2 Å². The van der Waals surface area contributed by atoms with Gasteiger partial charge in [0.15, 0.2) is 0 Å². The van der Waals surface area contributed by atoms with E-state index in [0.717, 1.165) is 17.0 Å².